The molecule has 1 atom stereocenters. The van der Waals surface area contributed by atoms with Gasteiger partial charge in [0.1, 0.15) is 23.0 Å². The van der Waals surface area contributed by atoms with Crippen molar-refractivity contribution in [3.63, 3.8) is 0 Å². The van der Waals surface area contributed by atoms with Crippen molar-refractivity contribution in [2.45, 2.75) is 32.6 Å². The van der Waals surface area contributed by atoms with Gasteiger partial charge in [-0.15, -0.1) is 0 Å². The highest BCUT2D eigenvalue weighted by Gasteiger charge is 2.40. The Hall–Kier alpha value is -3.01. The van der Waals surface area contributed by atoms with E-state index in [9.17, 15) is 4.79 Å². The summed E-state index contributed by atoms with van der Waals surface area (Å²) in [5, 5.41) is 0. The smallest absolute Gasteiger partial charge is 0.163 e. The van der Waals surface area contributed by atoms with Crippen LogP contribution in [0.25, 0.3) is 5.76 Å². The van der Waals surface area contributed by atoms with Crippen molar-refractivity contribution in [2.24, 2.45) is 5.41 Å². The van der Waals surface area contributed by atoms with E-state index in [1.54, 1.807) is 14.2 Å². The summed E-state index contributed by atoms with van der Waals surface area (Å²) in [6.45, 7) is 4.23. The molecule has 2 aromatic carbocycles. The van der Waals surface area contributed by atoms with Crippen molar-refractivity contribution >= 4 is 11.5 Å². The van der Waals surface area contributed by atoms with Crippen molar-refractivity contribution in [1.82, 2.24) is 0 Å². The van der Waals surface area contributed by atoms with Gasteiger partial charge in [0.2, 0.25) is 0 Å². The Labute approximate surface area is 171 Å². The third-order valence-corrected chi connectivity index (χ3v) is 5.59. The maximum Gasteiger partial charge on any atom is 0.163 e. The maximum atomic E-state index is 13.1. The molecule has 0 fully saturated rings. The lowest BCUT2D eigenvalue weighted by molar-refractivity contribution is -0.118. The van der Waals surface area contributed by atoms with Gasteiger partial charge in [0.15, 0.2) is 5.78 Å². The molecule has 4 heteroatoms. The highest BCUT2D eigenvalue weighted by Crippen LogP contribution is 2.47. The van der Waals surface area contributed by atoms with Gasteiger partial charge in [-0.05, 0) is 53.5 Å². The molecule has 1 heterocycles. The molecular weight excluding hydrogens is 364 g/mol. The second kappa shape index (κ2) is 7.43. The van der Waals surface area contributed by atoms with E-state index in [-0.39, 0.29) is 17.1 Å². The molecule has 29 heavy (non-hydrogen) atoms. The zero-order valence-electron chi connectivity index (χ0n) is 17.3. The first-order chi connectivity index (χ1) is 13.9. The molecule has 0 saturated heterocycles. The Kier molecular flexibility index (Phi) is 4.95. The van der Waals surface area contributed by atoms with Gasteiger partial charge in [-0.1, -0.05) is 26.0 Å². The van der Waals surface area contributed by atoms with E-state index in [4.69, 9.17) is 14.2 Å². The highest BCUT2D eigenvalue weighted by atomic mass is 16.5. The van der Waals surface area contributed by atoms with Crippen molar-refractivity contribution in [3.05, 3.63) is 77.1 Å². The summed E-state index contributed by atoms with van der Waals surface area (Å²) in [5.74, 6) is 3.20. The number of carbonyl (C=O) groups excluding carboxylic acids is 1. The summed E-state index contributed by atoms with van der Waals surface area (Å²) >= 11 is 0. The fourth-order valence-corrected chi connectivity index (χ4v) is 4.10. The number of benzene rings is 2. The van der Waals surface area contributed by atoms with Gasteiger partial charge in [-0.25, -0.2) is 0 Å². The number of hydrogen-bond acceptors (Lipinski definition) is 4. The van der Waals surface area contributed by atoms with Gasteiger partial charge in [0.25, 0.3) is 0 Å². The molecule has 0 aromatic heterocycles. The van der Waals surface area contributed by atoms with E-state index >= 15 is 0 Å². The SMILES string of the molecule is COc1ccc(C2=CC(c3ccc(OC)cc3)C3=C(CC(C)(C)CC3=O)O2)cc1. The Morgan fingerprint density at radius 2 is 1.48 bits per heavy atom. The summed E-state index contributed by atoms with van der Waals surface area (Å²) < 4.78 is 16.9. The quantitative estimate of drug-likeness (QED) is 0.691. The van der Waals surface area contributed by atoms with Crippen molar-refractivity contribution < 1.29 is 19.0 Å². The van der Waals surface area contributed by atoms with Gasteiger partial charge < -0.3 is 14.2 Å². The molecule has 150 valence electrons. The van der Waals surface area contributed by atoms with Gasteiger partial charge in [0.05, 0.1) is 14.2 Å². The molecule has 1 aliphatic heterocycles. The molecular formula is C25H26O4. The third-order valence-electron chi connectivity index (χ3n) is 5.59. The van der Waals surface area contributed by atoms with Crippen molar-refractivity contribution in [1.29, 1.82) is 0 Å². The fourth-order valence-electron chi connectivity index (χ4n) is 4.10. The van der Waals surface area contributed by atoms with E-state index in [1.165, 1.54) is 0 Å². The van der Waals surface area contributed by atoms with Crippen LogP contribution in [-0.4, -0.2) is 20.0 Å². The lowest BCUT2D eigenvalue weighted by Gasteiger charge is -2.37. The second-order valence-corrected chi connectivity index (χ2v) is 8.39. The van der Waals surface area contributed by atoms with Crippen LogP contribution in [0.4, 0.5) is 0 Å². The minimum Gasteiger partial charge on any atom is -0.497 e. The average molecular weight is 390 g/mol. The number of carbonyl (C=O) groups is 1. The summed E-state index contributed by atoms with van der Waals surface area (Å²) in [7, 11) is 3.30. The van der Waals surface area contributed by atoms with Crippen LogP contribution in [0.1, 0.15) is 43.7 Å². The topological polar surface area (TPSA) is 44.8 Å². The number of ether oxygens (including phenoxy) is 3. The zero-order chi connectivity index (χ0) is 20.6. The molecule has 1 unspecified atom stereocenters. The van der Waals surface area contributed by atoms with E-state index in [1.807, 2.05) is 48.5 Å². The van der Waals surface area contributed by atoms with E-state index in [2.05, 4.69) is 19.9 Å². The number of ketones is 1. The summed E-state index contributed by atoms with van der Waals surface area (Å²) in [4.78, 5) is 13.1. The Morgan fingerprint density at radius 1 is 0.897 bits per heavy atom. The highest BCUT2D eigenvalue weighted by molar-refractivity contribution is 6.00. The van der Waals surface area contributed by atoms with Crippen LogP contribution in [-0.2, 0) is 9.53 Å². The van der Waals surface area contributed by atoms with Gasteiger partial charge >= 0.3 is 0 Å². The molecule has 0 N–H and O–H groups in total. The molecule has 0 saturated carbocycles. The second-order valence-electron chi connectivity index (χ2n) is 8.39. The molecule has 0 bridgehead atoms. The molecule has 0 spiro atoms. The van der Waals surface area contributed by atoms with Crippen LogP contribution < -0.4 is 9.47 Å². The third kappa shape index (κ3) is 3.80. The molecule has 2 aromatic rings. The number of hydrogen-bond donors (Lipinski definition) is 0. The number of Topliss-reactive ketones (excluding diaryl/α,β-unsaturated/α-hetero) is 1. The molecule has 0 amide bonds. The lowest BCUT2D eigenvalue weighted by Crippen LogP contribution is -2.30. The first kappa shape index (κ1) is 19.3. The lowest BCUT2D eigenvalue weighted by atomic mass is 9.71. The predicted molar refractivity (Wildman–Crippen MR) is 113 cm³/mol. The van der Waals surface area contributed by atoms with E-state index < -0.39 is 0 Å². The van der Waals surface area contributed by atoms with Crippen LogP contribution in [0.5, 0.6) is 11.5 Å². The fraction of sp³-hybridized carbons (Fsp3) is 0.320. The van der Waals surface area contributed by atoms with E-state index in [0.717, 1.165) is 46.1 Å². The maximum absolute atomic E-state index is 13.1. The zero-order valence-corrected chi connectivity index (χ0v) is 17.3. The van der Waals surface area contributed by atoms with E-state index in [0.29, 0.717) is 6.42 Å². The largest absolute Gasteiger partial charge is 0.497 e. The number of allylic oxidation sites excluding steroid dienone is 3. The Balaban J connectivity index is 1.79. The Bertz CT molecular complexity index is 978. The molecule has 4 nitrogen and oxygen atoms in total. The first-order valence-electron chi connectivity index (χ1n) is 9.84. The predicted octanol–water partition coefficient (Wildman–Crippen LogP) is 5.50. The number of methoxy groups -OCH3 is 2. The van der Waals surface area contributed by atoms with Crippen LogP contribution in [0.2, 0.25) is 0 Å². The van der Waals surface area contributed by atoms with Crippen LogP contribution in [0.15, 0.2) is 65.9 Å². The van der Waals surface area contributed by atoms with Gasteiger partial charge in [0, 0.05) is 29.9 Å². The minimum absolute atomic E-state index is 0.108. The standard InChI is InChI=1S/C25H26O4/c1-25(2)14-21(26)24-20(16-5-9-18(27-3)10-6-16)13-22(29-23(24)15-25)17-7-11-19(28-4)12-8-17/h5-13,20H,14-15H2,1-4H3. The average Bonchev–Trinajstić information content (AvgIpc) is 2.72. The molecule has 1 aliphatic carbocycles. The molecule has 2 aliphatic rings. The van der Waals surface area contributed by atoms with Crippen molar-refractivity contribution in [3.8, 4) is 11.5 Å². The minimum atomic E-state index is -0.134. The van der Waals surface area contributed by atoms with Crippen LogP contribution >= 0.6 is 0 Å². The Morgan fingerprint density at radius 3 is 2.07 bits per heavy atom. The molecule has 0 radical (unpaired) electrons. The summed E-state index contributed by atoms with van der Waals surface area (Å²) in [6.07, 6.45) is 3.33. The van der Waals surface area contributed by atoms with Gasteiger partial charge in [-0.3, -0.25) is 4.79 Å². The monoisotopic (exact) mass is 390 g/mol. The normalized spacial score (nSPS) is 20.5. The molecule has 4 rings (SSSR count). The summed E-state index contributed by atoms with van der Waals surface area (Å²) in [6, 6.07) is 15.7. The van der Waals surface area contributed by atoms with Gasteiger partial charge in [-0.2, -0.15) is 0 Å². The van der Waals surface area contributed by atoms with Crippen molar-refractivity contribution in [2.75, 3.05) is 14.2 Å². The summed E-state index contributed by atoms with van der Waals surface area (Å²) in [5.41, 5.74) is 2.70. The number of rotatable bonds is 4. The first-order valence-corrected chi connectivity index (χ1v) is 9.84. The van der Waals surface area contributed by atoms with Crippen LogP contribution in [0.3, 0.4) is 0 Å². The van der Waals surface area contributed by atoms with Crippen LogP contribution in [0, 0.1) is 5.41 Å².